The van der Waals surface area contributed by atoms with Gasteiger partial charge in [0, 0.05) is 13.1 Å². The molecule has 0 aliphatic heterocycles. The van der Waals surface area contributed by atoms with E-state index in [2.05, 4.69) is 0 Å². The van der Waals surface area contributed by atoms with Crippen molar-refractivity contribution in [1.29, 1.82) is 0 Å². The molecule has 1 aromatic rings. The van der Waals surface area contributed by atoms with Gasteiger partial charge >= 0.3 is 0 Å². The molecular formula is C14H21NO4. The van der Waals surface area contributed by atoms with Crippen LogP contribution in [0.15, 0.2) is 24.3 Å². The number of amides is 1. The summed E-state index contributed by atoms with van der Waals surface area (Å²) >= 11 is 0. The zero-order chi connectivity index (χ0) is 14.1. The second kappa shape index (κ2) is 8.37. The highest BCUT2D eigenvalue weighted by Crippen LogP contribution is 2.26. The minimum absolute atomic E-state index is 0.0465. The highest BCUT2D eigenvalue weighted by atomic mass is 16.5. The third kappa shape index (κ3) is 4.79. The van der Waals surface area contributed by atoms with E-state index < -0.39 is 0 Å². The van der Waals surface area contributed by atoms with E-state index >= 15 is 0 Å². The van der Waals surface area contributed by atoms with Crippen LogP contribution in [0.25, 0.3) is 0 Å². The molecule has 19 heavy (non-hydrogen) atoms. The Hall–Kier alpha value is -1.75. The Kier molecular flexibility index (Phi) is 6.74. The molecule has 0 aromatic heterocycles. The molecule has 1 aromatic carbocycles. The van der Waals surface area contributed by atoms with Crippen molar-refractivity contribution in [3.8, 4) is 11.5 Å². The predicted octanol–water partition coefficient (Wildman–Crippen LogP) is 1.30. The van der Waals surface area contributed by atoms with Gasteiger partial charge in [0.05, 0.1) is 13.2 Å². The van der Waals surface area contributed by atoms with E-state index in [1.807, 2.05) is 26.0 Å². The maximum atomic E-state index is 11.9. The Balaban J connectivity index is 2.58. The van der Waals surface area contributed by atoms with E-state index in [4.69, 9.17) is 14.6 Å². The summed E-state index contributed by atoms with van der Waals surface area (Å²) < 4.78 is 10.9. The summed E-state index contributed by atoms with van der Waals surface area (Å²) in [7, 11) is 0. The number of carbonyl (C=O) groups is 1. The summed E-state index contributed by atoms with van der Waals surface area (Å²) in [6, 6.07) is 7.24. The molecule has 0 aliphatic rings. The van der Waals surface area contributed by atoms with E-state index in [-0.39, 0.29) is 19.1 Å². The average molecular weight is 267 g/mol. The van der Waals surface area contributed by atoms with Gasteiger partial charge in [0.15, 0.2) is 18.1 Å². The standard InChI is InChI=1S/C14H21NO4/c1-3-15(9-10-16)14(17)11-19-13-8-6-5-7-12(13)18-4-2/h5-8,16H,3-4,9-11H2,1-2H3. The zero-order valence-electron chi connectivity index (χ0n) is 11.5. The summed E-state index contributed by atoms with van der Waals surface area (Å²) in [5.74, 6) is 1.03. The minimum Gasteiger partial charge on any atom is -0.490 e. The average Bonchev–Trinajstić information content (AvgIpc) is 2.43. The van der Waals surface area contributed by atoms with E-state index in [1.165, 1.54) is 0 Å². The van der Waals surface area contributed by atoms with Crippen LogP contribution in [-0.2, 0) is 4.79 Å². The first-order valence-electron chi connectivity index (χ1n) is 6.46. The normalized spacial score (nSPS) is 10.1. The molecule has 0 radical (unpaired) electrons. The number of nitrogens with zero attached hydrogens (tertiary/aromatic N) is 1. The Morgan fingerprint density at radius 2 is 1.84 bits per heavy atom. The fourth-order valence-electron chi connectivity index (χ4n) is 1.65. The number of rotatable bonds is 8. The summed E-state index contributed by atoms with van der Waals surface area (Å²) in [6.07, 6.45) is 0. The minimum atomic E-state index is -0.150. The van der Waals surface area contributed by atoms with Crippen molar-refractivity contribution >= 4 is 5.91 Å². The fourth-order valence-corrected chi connectivity index (χ4v) is 1.65. The fraction of sp³-hybridized carbons (Fsp3) is 0.500. The number of aliphatic hydroxyl groups is 1. The van der Waals surface area contributed by atoms with Gasteiger partial charge in [-0.25, -0.2) is 0 Å². The van der Waals surface area contributed by atoms with E-state index in [0.717, 1.165) is 0 Å². The molecule has 0 heterocycles. The van der Waals surface area contributed by atoms with Gasteiger partial charge in [0.25, 0.3) is 5.91 Å². The summed E-state index contributed by atoms with van der Waals surface area (Å²) in [6.45, 7) is 5.07. The van der Waals surface area contributed by atoms with Crippen LogP contribution in [0.4, 0.5) is 0 Å². The number of benzene rings is 1. The van der Waals surface area contributed by atoms with Crippen molar-refractivity contribution in [2.75, 3.05) is 32.9 Å². The highest BCUT2D eigenvalue weighted by molar-refractivity contribution is 5.77. The predicted molar refractivity (Wildman–Crippen MR) is 72.4 cm³/mol. The Morgan fingerprint density at radius 1 is 1.21 bits per heavy atom. The van der Waals surface area contributed by atoms with Crippen LogP contribution in [0.5, 0.6) is 11.5 Å². The summed E-state index contributed by atoms with van der Waals surface area (Å²) in [5, 5.41) is 8.86. The quantitative estimate of drug-likeness (QED) is 0.771. The van der Waals surface area contributed by atoms with Crippen molar-refractivity contribution in [3.63, 3.8) is 0 Å². The lowest BCUT2D eigenvalue weighted by atomic mass is 10.3. The van der Waals surface area contributed by atoms with Crippen molar-refractivity contribution in [1.82, 2.24) is 4.90 Å². The van der Waals surface area contributed by atoms with Crippen LogP contribution in [0.3, 0.4) is 0 Å². The first-order valence-corrected chi connectivity index (χ1v) is 6.46. The highest BCUT2D eigenvalue weighted by Gasteiger charge is 2.13. The van der Waals surface area contributed by atoms with Crippen LogP contribution in [0, 0.1) is 0 Å². The Bertz CT molecular complexity index is 395. The topological polar surface area (TPSA) is 59.0 Å². The number of carbonyl (C=O) groups excluding carboxylic acids is 1. The van der Waals surface area contributed by atoms with Gasteiger partial charge in [0.1, 0.15) is 0 Å². The molecular weight excluding hydrogens is 246 g/mol. The lowest BCUT2D eigenvalue weighted by Crippen LogP contribution is -2.36. The van der Waals surface area contributed by atoms with Gasteiger partial charge in [-0.15, -0.1) is 0 Å². The van der Waals surface area contributed by atoms with Crippen LogP contribution < -0.4 is 9.47 Å². The molecule has 1 N–H and O–H groups in total. The third-order valence-corrected chi connectivity index (χ3v) is 2.60. The second-order valence-corrected chi connectivity index (χ2v) is 3.87. The lowest BCUT2D eigenvalue weighted by Gasteiger charge is -2.20. The molecule has 0 aliphatic carbocycles. The van der Waals surface area contributed by atoms with Gasteiger partial charge in [-0.1, -0.05) is 12.1 Å². The number of hydrogen-bond acceptors (Lipinski definition) is 4. The molecule has 0 unspecified atom stereocenters. The van der Waals surface area contributed by atoms with Crippen molar-refractivity contribution in [3.05, 3.63) is 24.3 Å². The zero-order valence-corrected chi connectivity index (χ0v) is 11.5. The smallest absolute Gasteiger partial charge is 0.260 e. The first-order chi connectivity index (χ1) is 9.22. The molecule has 0 atom stereocenters. The molecule has 0 spiro atoms. The SMILES string of the molecule is CCOc1ccccc1OCC(=O)N(CC)CCO. The lowest BCUT2D eigenvalue weighted by molar-refractivity contribution is -0.133. The van der Waals surface area contributed by atoms with Crippen molar-refractivity contribution < 1.29 is 19.4 Å². The molecule has 1 rings (SSSR count). The molecule has 0 saturated carbocycles. The van der Waals surface area contributed by atoms with Crippen LogP contribution in [0.1, 0.15) is 13.8 Å². The van der Waals surface area contributed by atoms with E-state index in [1.54, 1.807) is 17.0 Å². The molecule has 0 bridgehead atoms. The molecule has 1 amide bonds. The van der Waals surface area contributed by atoms with Crippen LogP contribution in [-0.4, -0.2) is 48.8 Å². The number of hydrogen-bond donors (Lipinski definition) is 1. The largest absolute Gasteiger partial charge is 0.490 e. The summed E-state index contributed by atoms with van der Waals surface area (Å²) in [4.78, 5) is 13.4. The Labute approximate surface area is 113 Å². The monoisotopic (exact) mass is 267 g/mol. The number of ether oxygens (including phenoxy) is 2. The van der Waals surface area contributed by atoms with Crippen molar-refractivity contribution in [2.45, 2.75) is 13.8 Å². The van der Waals surface area contributed by atoms with E-state index in [9.17, 15) is 4.79 Å². The first kappa shape index (κ1) is 15.3. The summed E-state index contributed by atoms with van der Waals surface area (Å²) in [5.41, 5.74) is 0. The molecule has 5 heteroatoms. The van der Waals surface area contributed by atoms with Gasteiger partial charge in [0.2, 0.25) is 0 Å². The van der Waals surface area contributed by atoms with Gasteiger partial charge < -0.3 is 19.5 Å². The molecule has 106 valence electrons. The Morgan fingerprint density at radius 3 is 2.37 bits per heavy atom. The van der Waals surface area contributed by atoms with Crippen molar-refractivity contribution in [2.24, 2.45) is 0 Å². The second-order valence-electron chi connectivity index (χ2n) is 3.87. The van der Waals surface area contributed by atoms with Gasteiger partial charge in [-0.05, 0) is 26.0 Å². The number of likely N-dealkylation sites (N-methyl/N-ethyl adjacent to an activating group) is 1. The molecule has 0 saturated heterocycles. The third-order valence-electron chi connectivity index (χ3n) is 2.60. The van der Waals surface area contributed by atoms with Gasteiger partial charge in [-0.2, -0.15) is 0 Å². The van der Waals surface area contributed by atoms with E-state index in [0.29, 0.717) is 31.2 Å². The number of para-hydroxylation sites is 2. The van der Waals surface area contributed by atoms with Crippen LogP contribution in [0.2, 0.25) is 0 Å². The maximum Gasteiger partial charge on any atom is 0.260 e. The number of aliphatic hydroxyl groups excluding tert-OH is 1. The van der Waals surface area contributed by atoms with Gasteiger partial charge in [-0.3, -0.25) is 4.79 Å². The maximum absolute atomic E-state index is 11.9. The van der Waals surface area contributed by atoms with Crippen LogP contribution >= 0.6 is 0 Å². The molecule has 5 nitrogen and oxygen atoms in total. The molecule has 0 fully saturated rings.